The molecule has 1 heterocycles. The van der Waals surface area contributed by atoms with Crippen molar-refractivity contribution in [3.05, 3.63) is 97.8 Å². The van der Waals surface area contributed by atoms with Gasteiger partial charge >= 0.3 is 12.0 Å². The van der Waals surface area contributed by atoms with Crippen LogP contribution in [0.4, 0.5) is 4.79 Å². The van der Waals surface area contributed by atoms with E-state index in [0.717, 1.165) is 20.4 Å². The number of allylic oxidation sites excluding steroid dienone is 1. The summed E-state index contributed by atoms with van der Waals surface area (Å²) in [6, 6.07) is 17.7. The van der Waals surface area contributed by atoms with Crippen LogP contribution in [0.15, 0.2) is 77.0 Å². The molecule has 1 aliphatic heterocycles. The van der Waals surface area contributed by atoms with Gasteiger partial charge in [-0.25, -0.2) is 9.59 Å². The quantitative estimate of drug-likeness (QED) is 0.0658. The number of methoxy groups -OCH3 is 1. The zero-order valence-electron chi connectivity index (χ0n) is 24.8. The van der Waals surface area contributed by atoms with Gasteiger partial charge in [0, 0.05) is 5.70 Å². The van der Waals surface area contributed by atoms with E-state index >= 15 is 0 Å². The number of benzene rings is 3. The Morgan fingerprint density at radius 3 is 2.59 bits per heavy atom. The zero-order chi connectivity index (χ0) is 31.6. The smallest absolute Gasteiger partial charge is 0.337 e. The van der Waals surface area contributed by atoms with Crippen molar-refractivity contribution >= 4 is 40.8 Å². The summed E-state index contributed by atoms with van der Waals surface area (Å²) in [7, 11) is 1.28. The van der Waals surface area contributed by atoms with E-state index in [1.807, 2.05) is 37.3 Å². The first-order valence-corrected chi connectivity index (χ1v) is 15.0. The Bertz CT molecular complexity index is 1560. The molecule has 0 aromatic heterocycles. The van der Waals surface area contributed by atoms with Crippen LogP contribution in [0.1, 0.15) is 42.1 Å². The number of nitrogens with one attached hydrogen (secondary N) is 3. The summed E-state index contributed by atoms with van der Waals surface area (Å²) in [5.74, 6) is 0.966. The molecule has 3 aromatic rings. The third-order valence-corrected chi connectivity index (χ3v) is 7.39. The predicted octanol–water partition coefficient (Wildman–Crippen LogP) is 4.70. The second-order valence-electron chi connectivity index (χ2n) is 9.88. The molecule has 4 N–H and O–H groups in total. The Hall–Kier alpha value is -4.30. The first-order valence-electron chi connectivity index (χ1n) is 13.9. The first-order chi connectivity index (χ1) is 21.2. The Balaban J connectivity index is 1.34. The number of aliphatic hydroxyl groups is 1. The molecular formula is C32H35IN4O7. The lowest BCUT2D eigenvalue weighted by Gasteiger charge is -2.28. The lowest BCUT2D eigenvalue weighted by atomic mass is 9.95. The minimum Gasteiger partial charge on any atom is -0.490 e. The van der Waals surface area contributed by atoms with E-state index in [2.05, 4.69) is 62.8 Å². The van der Waals surface area contributed by atoms with E-state index in [0.29, 0.717) is 36.0 Å². The molecule has 2 atom stereocenters. The molecule has 0 saturated heterocycles. The summed E-state index contributed by atoms with van der Waals surface area (Å²) < 4.78 is 23.4. The van der Waals surface area contributed by atoms with E-state index < -0.39 is 24.3 Å². The number of carbonyl (C=O) groups is 2. The average molecular weight is 715 g/mol. The van der Waals surface area contributed by atoms with E-state index in [1.54, 1.807) is 31.3 Å². The fourth-order valence-corrected chi connectivity index (χ4v) is 5.19. The van der Waals surface area contributed by atoms with Crippen molar-refractivity contribution in [2.45, 2.75) is 39.6 Å². The van der Waals surface area contributed by atoms with Crippen molar-refractivity contribution in [3.8, 4) is 17.2 Å². The van der Waals surface area contributed by atoms with Crippen LogP contribution in [0.3, 0.4) is 0 Å². The van der Waals surface area contributed by atoms with Gasteiger partial charge in [-0.1, -0.05) is 35.9 Å². The van der Waals surface area contributed by atoms with Crippen molar-refractivity contribution in [1.29, 1.82) is 0 Å². The fourth-order valence-electron chi connectivity index (χ4n) is 4.50. The summed E-state index contributed by atoms with van der Waals surface area (Å²) in [5, 5.41) is 19.9. The molecule has 12 heteroatoms. The van der Waals surface area contributed by atoms with Gasteiger partial charge in [0.05, 0.1) is 35.1 Å². The monoisotopic (exact) mass is 714 g/mol. The number of halogens is 1. The molecule has 0 radical (unpaired) electrons. The lowest BCUT2D eigenvalue weighted by Crippen LogP contribution is -2.45. The van der Waals surface area contributed by atoms with E-state index in [4.69, 9.17) is 18.9 Å². The minimum atomic E-state index is -1.11. The molecule has 232 valence electrons. The molecule has 0 aliphatic carbocycles. The fraction of sp³-hybridized carbons (Fsp3) is 0.281. The molecule has 0 unspecified atom stereocenters. The number of aliphatic hydroxyl groups excluding tert-OH is 1. The normalized spacial score (nSPS) is 15.3. The van der Waals surface area contributed by atoms with Gasteiger partial charge in [-0.3, -0.25) is 5.43 Å². The Morgan fingerprint density at radius 2 is 1.86 bits per heavy atom. The molecule has 4 rings (SSSR count). The summed E-state index contributed by atoms with van der Waals surface area (Å²) in [4.78, 5) is 24.6. The first kappa shape index (κ1) is 32.6. The number of ether oxygens (including phenoxy) is 4. The Morgan fingerprint density at radius 1 is 1.07 bits per heavy atom. The third-order valence-electron chi connectivity index (χ3n) is 6.54. The van der Waals surface area contributed by atoms with Crippen molar-refractivity contribution in [2.75, 3.05) is 20.3 Å². The number of esters is 1. The zero-order valence-corrected chi connectivity index (χ0v) is 27.0. The maximum atomic E-state index is 12.4. The van der Waals surface area contributed by atoms with Crippen LogP contribution in [-0.4, -0.2) is 49.9 Å². The van der Waals surface area contributed by atoms with Crippen molar-refractivity contribution in [2.24, 2.45) is 5.10 Å². The number of aryl methyl sites for hydroxylation is 1. The van der Waals surface area contributed by atoms with Crippen molar-refractivity contribution in [3.63, 3.8) is 0 Å². The minimum absolute atomic E-state index is 0.128. The second kappa shape index (κ2) is 15.4. The average Bonchev–Trinajstić information content (AvgIpc) is 2.99. The molecule has 44 heavy (non-hydrogen) atoms. The number of nitrogens with zero attached hydrogens (tertiary/aromatic N) is 1. The molecule has 0 fully saturated rings. The highest BCUT2D eigenvalue weighted by atomic mass is 127. The van der Waals surface area contributed by atoms with Crippen molar-refractivity contribution in [1.82, 2.24) is 16.1 Å². The van der Waals surface area contributed by atoms with Crippen LogP contribution in [0.5, 0.6) is 17.2 Å². The summed E-state index contributed by atoms with van der Waals surface area (Å²) in [6.45, 7) is 6.20. The molecule has 1 aliphatic rings. The van der Waals surface area contributed by atoms with Gasteiger partial charge < -0.3 is 34.7 Å². The largest absolute Gasteiger partial charge is 0.490 e. The molecular weight excluding hydrogens is 679 g/mol. The third kappa shape index (κ3) is 8.63. The highest BCUT2D eigenvalue weighted by Crippen LogP contribution is 2.35. The van der Waals surface area contributed by atoms with Crippen LogP contribution in [-0.2, 0) is 16.1 Å². The Labute approximate surface area is 269 Å². The molecule has 11 nitrogen and oxygen atoms in total. The van der Waals surface area contributed by atoms with Gasteiger partial charge in [0.1, 0.15) is 19.0 Å². The van der Waals surface area contributed by atoms with E-state index in [9.17, 15) is 14.7 Å². The number of hydrogen-bond donors (Lipinski definition) is 4. The van der Waals surface area contributed by atoms with Gasteiger partial charge in [0.25, 0.3) is 0 Å². The van der Waals surface area contributed by atoms with Crippen LogP contribution in [0.2, 0.25) is 0 Å². The molecule has 0 spiro atoms. The highest BCUT2D eigenvalue weighted by Gasteiger charge is 2.32. The number of hydrazone groups is 1. The summed E-state index contributed by atoms with van der Waals surface area (Å²) >= 11 is 2.22. The van der Waals surface area contributed by atoms with E-state index in [1.165, 1.54) is 12.7 Å². The number of rotatable bonds is 13. The number of amides is 2. The summed E-state index contributed by atoms with van der Waals surface area (Å²) in [5.41, 5.74) is 7.04. The Kier molecular flexibility index (Phi) is 11.4. The van der Waals surface area contributed by atoms with Gasteiger partial charge in [0.2, 0.25) is 0 Å². The second-order valence-corrected chi connectivity index (χ2v) is 11.0. The maximum absolute atomic E-state index is 12.4. The topological polar surface area (TPSA) is 140 Å². The van der Waals surface area contributed by atoms with Gasteiger partial charge in [-0.15, -0.1) is 0 Å². The maximum Gasteiger partial charge on any atom is 0.337 e. The van der Waals surface area contributed by atoms with Crippen LogP contribution < -0.4 is 30.3 Å². The van der Waals surface area contributed by atoms with Gasteiger partial charge in [-0.05, 0) is 90.4 Å². The molecule has 3 aromatic carbocycles. The van der Waals surface area contributed by atoms with E-state index in [-0.39, 0.29) is 12.2 Å². The van der Waals surface area contributed by atoms with Crippen LogP contribution in [0.25, 0.3) is 0 Å². The van der Waals surface area contributed by atoms with Crippen LogP contribution in [0, 0.1) is 10.5 Å². The van der Waals surface area contributed by atoms with Crippen LogP contribution >= 0.6 is 22.6 Å². The molecule has 2 amide bonds. The predicted molar refractivity (Wildman–Crippen MR) is 174 cm³/mol. The number of carbonyl (C=O) groups excluding carboxylic acids is 2. The summed E-state index contributed by atoms with van der Waals surface area (Å²) in [6.07, 6.45) is 0.481. The molecule has 0 bridgehead atoms. The lowest BCUT2D eigenvalue weighted by molar-refractivity contribution is -0.136. The van der Waals surface area contributed by atoms with Crippen molar-refractivity contribution < 1.29 is 33.6 Å². The highest BCUT2D eigenvalue weighted by molar-refractivity contribution is 14.1. The molecule has 0 saturated carbocycles. The number of hydrogen-bond acceptors (Lipinski definition) is 9. The SMILES string of the molecule is CCOc1cc([C@@H]2NC(=O)NC(C)=C2C(=O)OC)ccc1OC[C@@H](O)N/N=C\c1ccc(OCc2cccc(C)c2)c(I)c1. The standard InChI is InChI=1S/C32H35IN4O7/c1-5-42-27-15-23(30-29(31(39)41-4)20(3)35-32(40)36-30)10-12-26(27)44-18-28(38)37-34-16-21-9-11-25(24(33)14-21)43-17-22-8-6-7-19(2)13-22/h6-16,28,30,37-38H,5,17-18H2,1-4H3,(H2,35,36,40)/b34-16-/t28-,30+/m1/s1. The van der Waals surface area contributed by atoms with Gasteiger partial charge in [0.15, 0.2) is 17.7 Å². The van der Waals surface area contributed by atoms with Gasteiger partial charge in [-0.2, -0.15) is 5.10 Å². The number of urea groups is 1.